The smallest absolute Gasteiger partial charge is 0.123 e. The number of rotatable bonds is 4. The normalized spacial score (nSPS) is 10.6. The van der Waals surface area contributed by atoms with Crippen LogP contribution in [-0.4, -0.2) is 4.98 Å². The molecule has 0 aliphatic rings. The Bertz CT molecular complexity index is 686. The molecule has 0 N–H and O–H groups in total. The number of benzene rings is 2. The topological polar surface area (TPSA) is 12.9 Å². The Morgan fingerprint density at radius 3 is 1.41 bits per heavy atom. The summed E-state index contributed by atoms with van der Waals surface area (Å²) in [4.78, 5) is 4.26. The summed E-state index contributed by atoms with van der Waals surface area (Å²) in [6.45, 7) is 0. The predicted octanol–water partition coefficient (Wildman–Crippen LogP) is 4.54. The highest BCUT2D eigenvalue weighted by Gasteiger charge is 2.02. The van der Waals surface area contributed by atoms with Gasteiger partial charge in [-0.05, 0) is 59.4 Å². The molecule has 0 aliphatic heterocycles. The van der Waals surface area contributed by atoms with Gasteiger partial charge < -0.3 is 0 Å². The maximum absolute atomic E-state index is 12.9. The maximum Gasteiger partial charge on any atom is 0.123 e. The number of pyridine rings is 1. The summed E-state index contributed by atoms with van der Waals surface area (Å²) in [6.07, 6.45) is 5.06. The molecule has 0 aliphatic carbocycles. The van der Waals surface area contributed by atoms with Crippen LogP contribution in [0.25, 0.3) is 0 Å². The summed E-state index contributed by atoms with van der Waals surface area (Å²) in [6, 6.07) is 15.1. The predicted molar refractivity (Wildman–Crippen MR) is 82.6 cm³/mol. The molecular weight excluding hydrogens is 280 g/mol. The molecule has 3 heteroatoms. The minimum absolute atomic E-state index is 0.230. The standard InChI is InChI=1S/C19H15F2N/c20-18-5-1-14(2-6-18)9-16-11-17(13-22-12-16)10-15-3-7-19(21)8-4-15/h1-8,11-13H,9-10H2. The van der Waals surface area contributed by atoms with Gasteiger partial charge in [-0.25, -0.2) is 8.78 Å². The first-order valence-corrected chi connectivity index (χ1v) is 7.11. The molecule has 3 aromatic rings. The largest absolute Gasteiger partial charge is 0.264 e. The summed E-state index contributed by atoms with van der Waals surface area (Å²) < 4.78 is 25.8. The van der Waals surface area contributed by atoms with Gasteiger partial charge in [0.1, 0.15) is 11.6 Å². The lowest BCUT2D eigenvalue weighted by molar-refractivity contribution is 0.627. The summed E-state index contributed by atoms with van der Waals surface area (Å²) in [5.41, 5.74) is 4.24. The van der Waals surface area contributed by atoms with Gasteiger partial charge in [-0.2, -0.15) is 0 Å². The van der Waals surface area contributed by atoms with Crippen molar-refractivity contribution in [2.24, 2.45) is 0 Å². The number of hydrogen-bond acceptors (Lipinski definition) is 1. The van der Waals surface area contributed by atoms with E-state index in [9.17, 15) is 8.78 Å². The van der Waals surface area contributed by atoms with Gasteiger partial charge in [-0.15, -0.1) is 0 Å². The second kappa shape index (κ2) is 6.48. The summed E-state index contributed by atoms with van der Waals surface area (Å²) >= 11 is 0. The van der Waals surface area contributed by atoms with E-state index in [1.165, 1.54) is 24.3 Å². The molecule has 0 atom stereocenters. The molecule has 0 bridgehead atoms. The highest BCUT2D eigenvalue weighted by molar-refractivity contribution is 5.30. The molecule has 0 unspecified atom stereocenters. The van der Waals surface area contributed by atoms with Crippen LogP contribution in [0.5, 0.6) is 0 Å². The molecule has 3 rings (SSSR count). The molecule has 0 spiro atoms. The molecule has 1 heterocycles. The van der Waals surface area contributed by atoms with Crippen molar-refractivity contribution in [3.63, 3.8) is 0 Å². The van der Waals surface area contributed by atoms with Crippen LogP contribution in [0.1, 0.15) is 22.3 Å². The van der Waals surface area contributed by atoms with Gasteiger partial charge in [0.05, 0.1) is 0 Å². The number of hydrogen-bond donors (Lipinski definition) is 0. The van der Waals surface area contributed by atoms with Gasteiger partial charge in [0.25, 0.3) is 0 Å². The van der Waals surface area contributed by atoms with Crippen molar-refractivity contribution in [2.75, 3.05) is 0 Å². The molecular formula is C19H15F2N. The Labute approximate surface area is 128 Å². The van der Waals surface area contributed by atoms with Crippen LogP contribution in [0.2, 0.25) is 0 Å². The summed E-state index contributed by atoms with van der Waals surface area (Å²) in [7, 11) is 0. The van der Waals surface area contributed by atoms with Crippen molar-refractivity contribution in [1.29, 1.82) is 0 Å². The summed E-state index contributed by atoms with van der Waals surface area (Å²) in [5, 5.41) is 0. The minimum Gasteiger partial charge on any atom is -0.264 e. The van der Waals surface area contributed by atoms with E-state index in [4.69, 9.17) is 0 Å². The van der Waals surface area contributed by atoms with Crippen LogP contribution in [-0.2, 0) is 12.8 Å². The Hall–Kier alpha value is -2.55. The van der Waals surface area contributed by atoms with Crippen molar-refractivity contribution in [3.05, 3.63) is 101 Å². The fourth-order valence-corrected chi connectivity index (χ4v) is 2.41. The van der Waals surface area contributed by atoms with E-state index in [-0.39, 0.29) is 11.6 Å². The molecule has 2 aromatic carbocycles. The van der Waals surface area contributed by atoms with Gasteiger partial charge in [0.2, 0.25) is 0 Å². The van der Waals surface area contributed by atoms with E-state index >= 15 is 0 Å². The molecule has 0 saturated heterocycles. The molecule has 1 nitrogen and oxygen atoms in total. The third kappa shape index (κ3) is 3.76. The van der Waals surface area contributed by atoms with Gasteiger partial charge in [0.15, 0.2) is 0 Å². The van der Waals surface area contributed by atoms with E-state index < -0.39 is 0 Å². The molecule has 0 saturated carbocycles. The van der Waals surface area contributed by atoms with E-state index in [0.717, 1.165) is 22.3 Å². The zero-order valence-electron chi connectivity index (χ0n) is 12.0. The van der Waals surface area contributed by atoms with Crippen LogP contribution in [0, 0.1) is 11.6 Å². The van der Waals surface area contributed by atoms with E-state index in [0.29, 0.717) is 12.8 Å². The SMILES string of the molecule is Fc1ccc(Cc2cncc(Cc3ccc(F)cc3)c2)cc1. The highest BCUT2D eigenvalue weighted by Crippen LogP contribution is 2.14. The maximum atomic E-state index is 12.9. The Morgan fingerprint density at radius 1 is 0.591 bits per heavy atom. The third-order valence-electron chi connectivity index (χ3n) is 3.49. The van der Waals surface area contributed by atoms with Gasteiger partial charge in [-0.3, -0.25) is 4.98 Å². The lowest BCUT2D eigenvalue weighted by Crippen LogP contribution is -1.94. The Balaban J connectivity index is 1.74. The second-order valence-electron chi connectivity index (χ2n) is 5.31. The van der Waals surface area contributed by atoms with E-state index in [1.54, 1.807) is 24.3 Å². The molecule has 0 fully saturated rings. The minimum atomic E-state index is -0.230. The van der Waals surface area contributed by atoms with Crippen molar-refractivity contribution in [3.8, 4) is 0 Å². The first kappa shape index (κ1) is 14.4. The average molecular weight is 295 g/mol. The lowest BCUT2D eigenvalue weighted by Gasteiger charge is -2.06. The average Bonchev–Trinajstić information content (AvgIpc) is 2.52. The fraction of sp³-hybridized carbons (Fsp3) is 0.105. The van der Waals surface area contributed by atoms with Crippen LogP contribution >= 0.6 is 0 Å². The number of nitrogens with zero attached hydrogens (tertiary/aromatic N) is 1. The molecule has 1 aromatic heterocycles. The van der Waals surface area contributed by atoms with Gasteiger partial charge >= 0.3 is 0 Å². The number of halogens is 2. The first-order chi connectivity index (χ1) is 10.7. The zero-order chi connectivity index (χ0) is 15.4. The van der Waals surface area contributed by atoms with E-state index in [2.05, 4.69) is 11.1 Å². The van der Waals surface area contributed by atoms with Crippen molar-refractivity contribution in [2.45, 2.75) is 12.8 Å². The van der Waals surface area contributed by atoms with E-state index in [1.807, 2.05) is 12.4 Å². The molecule has 0 radical (unpaired) electrons. The molecule has 110 valence electrons. The monoisotopic (exact) mass is 295 g/mol. The van der Waals surface area contributed by atoms with Gasteiger partial charge in [-0.1, -0.05) is 30.3 Å². The Morgan fingerprint density at radius 2 is 1.00 bits per heavy atom. The Kier molecular flexibility index (Phi) is 4.24. The summed E-state index contributed by atoms with van der Waals surface area (Å²) in [5.74, 6) is -0.459. The highest BCUT2D eigenvalue weighted by atomic mass is 19.1. The van der Waals surface area contributed by atoms with Crippen LogP contribution in [0.3, 0.4) is 0 Å². The quantitative estimate of drug-likeness (QED) is 0.688. The second-order valence-corrected chi connectivity index (χ2v) is 5.31. The number of aromatic nitrogens is 1. The molecule has 22 heavy (non-hydrogen) atoms. The molecule has 0 amide bonds. The van der Waals surface area contributed by atoms with Crippen molar-refractivity contribution >= 4 is 0 Å². The van der Waals surface area contributed by atoms with Gasteiger partial charge in [0, 0.05) is 12.4 Å². The lowest BCUT2D eigenvalue weighted by atomic mass is 10.0. The van der Waals surface area contributed by atoms with Crippen LogP contribution in [0.4, 0.5) is 8.78 Å². The van der Waals surface area contributed by atoms with Crippen molar-refractivity contribution < 1.29 is 8.78 Å². The fourth-order valence-electron chi connectivity index (χ4n) is 2.41. The van der Waals surface area contributed by atoms with Crippen LogP contribution in [0.15, 0.2) is 67.0 Å². The zero-order valence-corrected chi connectivity index (χ0v) is 12.0. The third-order valence-corrected chi connectivity index (χ3v) is 3.49. The van der Waals surface area contributed by atoms with Crippen molar-refractivity contribution in [1.82, 2.24) is 4.98 Å². The first-order valence-electron chi connectivity index (χ1n) is 7.11. The van der Waals surface area contributed by atoms with Crippen LogP contribution < -0.4 is 0 Å².